The maximum atomic E-state index is 11.8. The van der Waals surface area contributed by atoms with Gasteiger partial charge in [0.15, 0.2) is 0 Å². The molecule has 1 aromatic rings. The maximum Gasteiger partial charge on any atom is 0.411 e. The molecule has 0 bridgehead atoms. The third-order valence-corrected chi connectivity index (χ3v) is 3.04. The van der Waals surface area contributed by atoms with Gasteiger partial charge in [0.05, 0.1) is 17.7 Å². The molecular weight excluding hydrogens is 348 g/mol. The minimum absolute atomic E-state index is 0.0108. The Balaban J connectivity index is 2.23. The average molecular weight is 362 g/mol. The molecule has 0 N–H and O–H groups in total. The third kappa shape index (κ3) is 7.03. The van der Waals surface area contributed by atoms with Crippen LogP contribution in [0.15, 0.2) is 22.7 Å². The van der Waals surface area contributed by atoms with E-state index in [1.807, 2.05) is 12.1 Å². The number of hydrogen-bond acceptors (Lipinski definition) is 2. The van der Waals surface area contributed by atoms with Crippen molar-refractivity contribution in [3.05, 3.63) is 28.2 Å². The van der Waals surface area contributed by atoms with E-state index in [4.69, 9.17) is 16.3 Å². The van der Waals surface area contributed by atoms with E-state index in [1.165, 1.54) is 0 Å². The quantitative estimate of drug-likeness (QED) is 0.524. The van der Waals surface area contributed by atoms with Gasteiger partial charge in [-0.15, -0.1) is 11.6 Å². The minimum atomic E-state index is -4.28. The molecule has 0 amide bonds. The molecule has 19 heavy (non-hydrogen) atoms. The average Bonchev–Trinajstić information content (AvgIpc) is 2.33. The summed E-state index contributed by atoms with van der Waals surface area (Å²) < 4.78 is 46.0. The van der Waals surface area contributed by atoms with Gasteiger partial charge in [0.25, 0.3) is 0 Å². The zero-order valence-electron chi connectivity index (χ0n) is 9.97. The van der Waals surface area contributed by atoms with E-state index in [1.54, 1.807) is 6.07 Å². The first kappa shape index (κ1) is 16.6. The third-order valence-electron chi connectivity index (χ3n) is 2.11. The molecule has 0 atom stereocenters. The molecule has 1 rings (SSSR count). The highest BCUT2D eigenvalue weighted by Crippen LogP contribution is 2.26. The van der Waals surface area contributed by atoms with E-state index in [0.29, 0.717) is 18.1 Å². The normalized spacial score (nSPS) is 11.6. The first-order valence-corrected chi connectivity index (χ1v) is 6.87. The summed E-state index contributed by atoms with van der Waals surface area (Å²) in [7, 11) is 0. The lowest BCUT2D eigenvalue weighted by molar-refractivity contribution is -0.174. The summed E-state index contributed by atoms with van der Waals surface area (Å²) in [6.07, 6.45) is -3.89. The van der Waals surface area contributed by atoms with Crippen LogP contribution in [0.2, 0.25) is 0 Å². The van der Waals surface area contributed by atoms with Gasteiger partial charge in [0, 0.05) is 12.3 Å². The predicted octanol–water partition coefficient (Wildman–Crippen LogP) is 4.54. The fourth-order valence-corrected chi connectivity index (χ4v) is 1.98. The molecule has 0 unspecified atom stereocenters. The fraction of sp³-hybridized carbons (Fsp3) is 0.500. The van der Waals surface area contributed by atoms with E-state index in [9.17, 15) is 13.2 Å². The molecule has 0 aromatic heterocycles. The summed E-state index contributed by atoms with van der Waals surface area (Å²) in [6, 6.07) is 5.42. The van der Waals surface area contributed by atoms with Crippen LogP contribution in [-0.2, 0) is 10.6 Å². The largest absolute Gasteiger partial charge is 0.492 e. The Morgan fingerprint density at radius 3 is 2.53 bits per heavy atom. The highest BCUT2D eigenvalue weighted by molar-refractivity contribution is 9.10. The molecular formula is C12H13BrClF3O2. The number of hydrogen-bond donors (Lipinski definition) is 0. The number of halogens is 5. The Kier molecular flexibility index (Phi) is 6.96. The first-order chi connectivity index (χ1) is 8.92. The Labute approximate surface area is 123 Å². The minimum Gasteiger partial charge on any atom is -0.492 e. The van der Waals surface area contributed by atoms with Crippen molar-refractivity contribution in [2.24, 2.45) is 0 Å². The van der Waals surface area contributed by atoms with Crippen molar-refractivity contribution in [1.82, 2.24) is 0 Å². The second kappa shape index (κ2) is 7.97. The molecule has 2 nitrogen and oxygen atoms in total. The van der Waals surface area contributed by atoms with Crippen LogP contribution in [0, 0.1) is 0 Å². The van der Waals surface area contributed by atoms with Crippen LogP contribution in [-0.4, -0.2) is 26.0 Å². The van der Waals surface area contributed by atoms with Crippen LogP contribution in [0.5, 0.6) is 5.75 Å². The lowest BCUT2D eigenvalue weighted by Crippen LogP contribution is -2.18. The number of benzene rings is 1. The maximum absolute atomic E-state index is 11.8. The summed E-state index contributed by atoms with van der Waals surface area (Å²) in [5, 5.41) is 0. The summed E-state index contributed by atoms with van der Waals surface area (Å²) in [5.74, 6) is 1.04. The molecule has 0 aliphatic carbocycles. The Morgan fingerprint density at radius 2 is 1.95 bits per heavy atom. The predicted molar refractivity (Wildman–Crippen MR) is 70.7 cm³/mol. The molecule has 0 heterocycles. The van der Waals surface area contributed by atoms with Gasteiger partial charge < -0.3 is 9.47 Å². The van der Waals surface area contributed by atoms with Crippen molar-refractivity contribution >= 4 is 27.5 Å². The van der Waals surface area contributed by atoms with Crippen molar-refractivity contribution < 1.29 is 22.6 Å². The van der Waals surface area contributed by atoms with E-state index < -0.39 is 12.8 Å². The van der Waals surface area contributed by atoms with Gasteiger partial charge in [0.1, 0.15) is 12.4 Å². The first-order valence-electron chi connectivity index (χ1n) is 5.54. The lowest BCUT2D eigenvalue weighted by Gasteiger charge is -2.10. The number of alkyl halides is 4. The summed E-state index contributed by atoms with van der Waals surface area (Å²) >= 11 is 9.01. The Morgan fingerprint density at radius 1 is 1.21 bits per heavy atom. The zero-order valence-corrected chi connectivity index (χ0v) is 12.3. The van der Waals surface area contributed by atoms with Gasteiger partial charge in [-0.25, -0.2) is 0 Å². The van der Waals surface area contributed by atoms with Gasteiger partial charge >= 0.3 is 6.18 Å². The van der Waals surface area contributed by atoms with Gasteiger partial charge in [-0.2, -0.15) is 13.2 Å². The van der Waals surface area contributed by atoms with E-state index >= 15 is 0 Å². The van der Waals surface area contributed by atoms with Crippen LogP contribution in [0.1, 0.15) is 12.0 Å². The number of rotatable bonds is 7. The van der Waals surface area contributed by atoms with Crippen LogP contribution in [0.25, 0.3) is 0 Å². The Bertz CT molecular complexity index is 399. The standard InChI is InChI=1S/C12H13BrClF3O2/c13-10-6-9(7-14)2-3-11(10)19-5-1-4-18-8-12(15,16)17/h2-3,6H,1,4-5,7-8H2. The second-order valence-electron chi connectivity index (χ2n) is 3.77. The monoisotopic (exact) mass is 360 g/mol. The van der Waals surface area contributed by atoms with Crippen LogP contribution < -0.4 is 4.74 Å². The topological polar surface area (TPSA) is 18.5 Å². The second-order valence-corrected chi connectivity index (χ2v) is 4.89. The van der Waals surface area contributed by atoms with Gasteiger partial charge in [-0.3, -0.25) is 0 Å². The molecule has 0 fully saturated rings. The smallest absolute Gasteiger partial charge is 0.411 e. The van der Waals surface area contributed by atoms with Crippen LogP contribution in [0.3, 0.4) is 0 Å². The Hall–Kier alpha value is -0.460. The number of ether oxygens (including phenoxy) is 2. The SMILES string of the molecule is FC(F)(F)COCCCOc1ccc(CCl)cc1Br. The molecule has 0 spiro atoms. The molecule has 0 saturated carbocycles. The molecule has 108 valence electrons. The fourth-order valence-electron chi connectivity index (χ4n) is 1.28. The zero-order chi connectivity index (χ0) is 14.3. The van der Waals surface area contributed by atoms with E-state index in [0.717, 1.165) is 10.0 Å². The van der Waals surface area contributed by atoms with Gasteiger partial charge in [-0.05, 0) is 33.6 Å². The van der Waals surface area contributed by atoms with Crippen molar-refractivity contribution in [1.29, 1.82) is 0 Å². The molecule has 0 saturated heterocycles. The van der Waals surface area contributed by atoms with Crippen molar-refractivity contribution in [3.63, 3.8) is 0 Å². The molecule has 0 radical (unpaired) electrons. The summed E-state index contributed by atoms with van der Waals surface area (Å²) in [5.41, 5.74) is 0.953. The van der Waals surface area contributed by atoms with Crippen molar-refractivity contribution in [3.8, 4) is 5.75 Å². The molecule has 0 aliphatic heterocycles. The highest BCUT2D eigenvalue weighted by atomic mass is 79.9. The summed E-state index contributed by atoms with van der Waals surface area (Å²) in [6.45, 7) is -0.922. The highest BCUT2D eigenvalue weighted by Gasteiger charge is 2.27. The lowest BCUT2D eigenvalue weighted by atomic mass is 10.2. The van der Waals surface area contributed by atoms with Crippen LogP contribution in [0.4, 0.5) is 13.2 Å². The van der Waals surface area contributed by atoms with Crippen molar-refractivity contribution in [2.75, 3.05) is 19.8 Å². The van der Waals surface area contributed by atoms with Crippen molar-refractivity contribution in [2.45, 2.75) is 18.5 Å². The molecule has 0 aliphatic rings. The summed E-state index contributed by atoms with van der Waals surface area (Å²) in [4.78, 5) is 0. The van der Waals surface area contributed by atoms with E-state index in [2.05, 4.69) is 20.7 Å². The molecule has 1 aromatic carbocycles. The van der Waals surface area contributed by atoms with Gasteiger partial charge in [-0.1, -0.05) is 6.07 Å². The molecule has 7 heteroatoms. The van der Waals surface area contributed by atoms with E-state index in [-0.39, 0.29) is 13.2 Å². The van der Waals surface area contributed by atoms with Crippen LogP contribution >= 0.6 is 27.5 Å². The van der Waals surface area contributed by atoms with Gasteiger partial charge in [0.2, 0.25) is 0 Å².